The molecule has 0 unspecified atom stereocenters. The van der Waals surface area contributed by atoms with Crippen molar-refractivity contribution in [2.24, 2.45) is 10.2 Å². The Bertz CT molecular complexity index is 600. The van der Waals surface area contributed by atoms with Crippen LogP contribution in [-0.4, -0.2) is 53.5 Å². The van der Waals surface area contributed by atoms with Gasteiger partial charge in [-0.05, 0) is 31.8 Å². The van der Waals surface area contributed by atoms with Crippen LogP contribution in [0.5, 0.6) is 0 Å². The maximum absolute atomic E-state index is 12.7. The van der Waals surface area contributed by atoms with Crippen LogP contribution in [0, 0.1) is 12.3 Å². The van der Waals surface area contributed by atoms with E-state index in [0.717, 1.165) is 18.5 Å². The fourth-order valence-electron chi connectivity index (χ4n) is 2.45. The predicted molar refractivity (Wildman–Crippen MR) is 93.1 cm³/mol. The Kier molecular flexibility index (Phi) is 6.44. The third-order valence-electron chi connectivity index (χ3n) is 4.08. The predicted octanol–water partition coefficient (Wildman–Crippen LogP) is 2.33. The number of carbonyl (C=O) groups is 1. The van der Waals surface area contributed by atoms with E-state index >= 15 is 0 Å². The lowest BCUT2D eigenvalue weighted by atomic mass is 10.0. The van der Waals surface area contributed by atoms with Gasteiger partial charge in [-0.2, -0.15) is 10.2 Å². The molecule has 0 radical (unpaired) electrons. The van der Waals surface area contributed by atoms with Crippen molar-refractivity contribution >= 4 is 5.91 Å². The quantitative estimate of drug-likeness (QED) is 0.620. The van der Waals surface area contributed by atoms with Crippen LogP contribution < -0.4 is 0 Å². The third-order valence-corrected chi connectivity index (χ3v) is 4.08. The summed E-state index contributed by atoms with van der Waals surface area (Å²) >= 11 is 0. The Hall–Kier alpha value is -2.26. The summed E-state index contributed by atoms with van der Waals surface area (Å²) < 4.78 is 0. The highest BCUT2D eigenvalue weighted by molar-refractivity contribution is 5.76. The molecular weight excluding hydrogens is 302 g/mol. The molecule has 0 saturated heterocycles. The van der Waals surface area contributed by atoms with Crippen LogP contribution >= 0.6 is 0 Å². The summed E-state index contributed by atoms with van der Waals surface area (Å²) in [4.78, 5) is 20.7. The molecule has 2 rings (SSSR count). The van der Waals surface area contributed by atoms with Gasteiger partial charge in [-0.1, -0.05) is 0 Å². The van der Waals surface area contributed by atoms with Gasteiger partial charge in [0.05, 0.1) is 0 Å². The maximum atomic E-state index is 12.7. The molecule has 1 aromatic heterocycles. The van der Waals surface area contributed by atoms with Crippen LogP contribution in [0.25, 0.3) is 0 Å². The summed E-state index contributed by atoms with van der Waals surface area (Å²) in [6.07, 6.45) is 11.3. The normalized spacial score (nSPS) is 14.4. The number of pyridine rings is 1. The first-order valence-electron chi connectivity index (χ1n) is 8.23. The molecule has 1 aromatic rings. The van der Waals surface area contributed by atoms with E-state index in [1.165, 1.54) is 0 Å². The number of carbonyl (C=O) groups excluding carboxylic acids is 1. The Morgan fingerprint density at radius 1 is 1.21 bits per heavy atom. The van der Waals surface area contributed by atoms with Gasteiger partial charge in [-0.25, -0.2) is 0 Å². The number of hydrogen-bond acceptors (Lipinski definition) is 5. The van der Waals surface area contributed by atoms with E-state index in [0.29, 0.717) is 32.4 Å². The van der Waals surface area contributed by atoms with Crippen LogP contribution in [0.3, 0.4) is 0 Å². The van der Waals surface area contributed by atoms with Crippen molar-refractivity contribution in [2.75, 3.05) is 27.2 Å². The fraction of sp³-hybridized carbons (Fsp3) is 0.556. The first kappa shape index (κ1) is 18.1. The number of aromatic nitrogens is 1. The summed E-state index contributed by atoms with van der Waals surface area (Å²) in [5.41, 5.74) is 0.686. The zero-order valence-corrected chi connectivity index (χ0v) is 14.5. The minimum atomic E-state index is -0.397. The van der Waals surface area contributed by atoms with Crippen molar-refractivity contribution < 1.29 is 4.79 Å². The zero-order valence-electron chi connectivity index (χ0n) is 14.5. The summed E-state index contributed by atoms with van der Waals surface area (Å²) in [5.74, 6) is 2.74. The summed E-state index contributed by atoms with van der Waals surface area (Å²) in [7, 11) is 4.01. The van der Waals surface area contributed by atoms with Crippen molar-refractivity contribution in [1.29, 1.82) is 0 Å². The molecule has 0 aromatic carbocycles. The molecule has 0 bridgehead atoms. The van der Waals surface area contributed by atoms with Crippen molar-refractivity contribution in [3.63, 3.8) is 0 Å². The van der Waals surface area contributed by atoms with E-state index in [-0.39, 0.29) is 5.91 Å². The molecule has 1 aliphatic rings. The molecule has 0 atom stereocenters. The second kappa shape index (κ2) is 8.55. The lowest BCUT2D eigenvalue weighted by Gasteiger charge is -2.25. The molecule has 0 fully saturated rings. The minimum Gasteiger partial charge on any atom is -0.337 e. The van der Waals surface area contributed by atoms with Gasteiger partial charge < -0.3 is 9.80 Å². The van der Waals surface area contributed by atoms with Crippen molar-refractivity contribution in [3.05, 3.63) is 30.1 Å². The molecule has 1 aliphatic heterocycles. The fourth-order valence-corrected chi connectivity index (χ4v) is 2.45. The standard InChI is InChI=1S/C18H25N5O/c1-4-5-9-18(20-21-18)10-6-17(24)23(14-13-22(2)3)15-16-7-11-19-12-8-16/h1,7-8,11-12H,5-6,9-10,13-15H2,2-3H3. The lowest BCUT2D eigenvalue weighted by Crippen LogP contribution is -2.36. The van der Waals surface area contributed by atoms with E-state index in [2.05, 4.69) is 26.0 Å². The smallest absolute Gasteiger partial charge is 0.223 e. The molecule has 1 amide bonds. The van der Waals surface area contributed by atoms with Gasteiger partial charge in [0.15, 0.2) is 5.66 Å². The van der Waals surface area contributed by atoms with Crippen molar-refractivity contribution in [3.8, 4) is 12.3 Å². The van der Waals surface area contributed by atoms with Crippen molar-refractivity contribution in [2.45, 2.75) is 37.9 Å². The highest BCUT2D eigenvalue weighted by atomic mass is 16.2. The summed E-state index contributed by atoms with van der Waals surface area (Å²) in [6, 6.07) is 3.88. The Labute approximate surface area is 144 Å². The van der Waals surface area contributed by atoms with Crippen LogP contribution in [0.4, 0.5) is 0 Å². The van der Waals surface area contributed by atoms with Crippen LogP contribution in [0.2, 0.25) is 0 Å². The average molecular weight is 327 g/mol. The number of amides is 1. The molecule has 0 saturated carbocycles. The van der Waals surface area contributed by atoms with E-state index in [9.17, 15) is 4.79 Å². The molecule has 24 heavy (non-hydrogen) atoms. The van der Waals surface area contributed by atoms with Gasteiger partial charge in [0.2, 0.25) is 5.91 Å². The molecule has 0 spiro atoms. The van der Waals surface area contributed by atoms with Gasteiger partial charge >= 0.3 is 0 Å². The zero-order chi connectivity index (χ0) is 17.4. The number of hydrogen-bond donors (Lipinski definition) is 0. The van der Waals surface area contributed by atoms with E-state index in [1.807, 2.05) is 31.1 Å². The van der Waals surface area contributed by atoms with Crippen molar-refractivity contribution in [1.82, 2.24) is 14.8 Å². The minimum absolute atomic E-state index is 0.131. The first-order chi connectivity index (χ1) is 11.5. The van der Waals surface area contributed by atoms with Crippen LogP contribution in [-0.2, 0) is 11.3 Å². The summed E-state index contributed by atoms with van der Waals surface area (Å²) in [6.45, 7) is 2.12. The van der Waals surface area contributed by atoms with Gasteiger partial charge in [-0.15, -0.1) is 12.3 Å². The van der Waals surface area contributed by atoms with Gasteiger partial charge in [0.25, 0.3) is 0 Å². The Morgan fingerprint density at radius 2 is 1.92 bits per heavy atom. The maximum Gasteiger partial charge on any atom is 0.223 e. The lowest BCUT2D eigenvalue weighted by molar-refractivity contribution is -0.132. The van der Waals surface area contributed by atoms with E-state index < -0.39 is 5.66 Å². The third kappa shape index (κ3) is 5.74. The topological polar surface area (TPSA) is 61.2 Å². The number of likely N-dealkylation sites (N-methyl/N-ethyl adjacent to an activating group) is 1. The second-order valence-electron chi connectivity index (χ2n) is 6.36. The number of rotatable bonds is 10. The largest absolute Gasteiger partial charge is 0.337 e. The number of nitrogens with zero attached hydrogens (tertiary/aromatic N) is 5. The van der Waals surface area contributed by atoms with Crippen LogP contribution in [0.1, 0.15) is 31.2 Å². The van der Waals surface area contributed by atoms with Gasteiger partial charge in [-0.3, -0.25) is 9.78 Å². The van der Waals surface area contributed by atoms with Crippen LogP contribution in [0.15, 0.2) is 34.8 Å². The average Bonchev–Trinajstić information content (AvgIpc) is 3.36. The number of terminal acetylenes is 1. The Morgan fingerprint density at radius 3 is 2.50 bits per heavy atom. The molecule has 6 heteroatoms. The SMILES string of the molecule is C#CCCC1(CCC(=O)N(CCN(C)C)Cc2ccncc2)N=N1. The Balaban J connectivity index is 1.90. The first-order valence-corrected chi connectivity index (χ1v) is 8.23. The van der Waals surface area contributed by atoms with E-state index in [4.69, 9.17) is 6.42 Å². The monoisotopic (exact) mass is 327 g/mol. The summed E-state index contributed by atoms with van der Waals surface area (Å²) in [5, 5.41) is 8.21. The highest BCUT2D eigenvalue weighted by Gasteiger charge is 2.39. The van der Waals surface area contributed by atoms with E-state index in [1.54, 1.807) is 12.4 Å². The molecule has 128 valence electrons. The highest BCUT2D eigenvalue weighted by Crippen LogP contribution is 2.37. The molecule has 2 heterocycles. The molecule has 6 nitrogen and oxygen atoms in total. The molecular formula is C18H25N5O. The second-order valence-corrected chi connectivity index (χ2v) is 6.36. The molecule has 0 aliphatic carbocycles. The van der Waals surface area contributed by atoms with Gasteiger partial charge in [0.1, 0.15) is 0 Å². The van der Waals surface area contributed by atoms with Gasteiger partial charge in [0, 0.05) is 57.7 Å². The molecule has 0 N–H and O–H groups in total.